The summed E-state index contributed by atoms with van der Waals surface area (Å²) in [4.78, 5) is 16.1. The Kier molecular flexibility index (Phi) is 3.19. The topological polar surface area (TPSA) is 56.3 Å². The van der Waals surface area contributed by atoms with Crippen molar-refractivity contribution in [3.63, 3.8) is 0 Å². The van der Waals surface area contributed by atoms with Crippen molar-refractivity contribution in [2.75, 3.05) is 14.1 Å². The minimum absolute atomic E-state index is 0.138. The molecule has 0 saturated carbocycles. The third-order valence-electron chi connectivity index (χ3n) is 2.69. The van der Waals surface area contributed by atoms with E-state index < -0.39 is 11.4 Å². The molecule has 1 heterocycles. The summed E-state index contributed by atoms with van der Waals surface area (Å²) in [5.41, 5.74) is 0.179. The number of nitrogens with zero attached hydrogens (tertiary/aromatic N) is 1. The van der Waals surface area contributed by atoms with E-state index in [1.807, 2.05) is 37.5 Å². The Bertz CT molecular complexity index is 328. The molecule has 0 aromatic carbocycles. The zero-order valence-corrected chi connectivity index (χ0v) is 9.61. The first kappa shape index (κ1) is 11.8. The van der Waals surface area contributed by atoms with Gasteiger partial charge >= 0.3 is 5.97 Å². The fraction of sp³-hybridized carbons (Fsp3) is 0.545. The molecule has 0 aliphatic rings. The lowest BCUT2D eigenvalue weighted by molar-refractivity contribution is -0.150. The van der Waals surface area contributed by atoms with Gasteiger partial charge in [-0.15, -0.1) is 0 Å². The number of hydrogen-bond donors (Lipinski definition) is 2. The lowest BCUT2D eigenvalue weighted by Gasteiger charge is -2.35. The number of aromatic nitrogens is 1. The molecule has 4 nitrogen and oxygen atoms in total. The van der Waals surface area contributed by atoms with E-state index in [2.05, 4.69) is 4.98 Å². The standard InChI is InChI=1S/C11H18N2O2/c1-11(2,10(14)15)9(13(3)4)8-5-6-12-7-8/h5-7,9,12H,1-4H3,(H,14,15). The van der Waals surface area contributed by atoms with Crippen LogP contribution in [0.25, 0.3) is 0 Å². The molecule has 2 N–H and O–H groups in total. The van der Waals surface area contributed by atoms with Gasteiger partial charge in [0.05, 0.1) is 11.5 Å². The normalized spacial score (nSPS) is 14.2. The van der Waals surface area contributed by atoms with Crippen molar-refractivity contribution in [2.45, 2.75) is 19.9 Å². The number of aromatic amines is 1. The number of rotatable bonds is 4. The second kappa shape index (κ2) is 4.06. The van der Waals surface area contributed by atoms with Crippen molar-refractivity contribution in [3.05, 3.63) is 24.0 Å². The molecular weight excluding hydrogens is 192 g/mol. The highest BCUT2D eigenvalue weighted by atomic mass is 16.4. The van der Waals surface area contributed by atoms with Crippen molar-refractivity contribution in [1.82, 2.24) is 9.88 Å². The predicted molar refractivity (Wildman–Crippen MR) is 58.6 cm³/mol. The van der Waals surface area contributed by atoms with E-state index in [1.165, 1.54) is 0 Å². The summed E-state index contributed by atoms with van der Waals surface area (Å²) in [7, 11) is 3.78. The lowest BCUT2D eigenvalue weighted by Crippen LogP contribution is -2.39. The highest BCUT2D eigenvalue weighted by Gasteiger charge is 2.39. The van der Waals surface area contributed by atoms with Crippen LogP contribution in [-0.2, 0) is 4.79 Å². The zero-order chi connectivity index (χ0) is 11.6. The maximum Gasteiger partial charge on any atom is 0.311 e. The highest BCUT2D eigenvalue weighted by Crippen LogP contribution is 2.36. The molecule has 1 unspecified atom stereocenters. The van der Waals surface area contributed by atoms with Crippen LogP contribution in [0.1, 0.15) is 25.5 Å². The second-order valence-electron chi connectivity index (χ2n) is 4.54. The lowest BCUT2D eigenvalue weighted by atomic mass is 9.80. The van der Waals surface area contributed by atoms with Crippen LogP contribution in [0, 0.1) is 5.41 Å². The van der Waals surface area contributed by atoms with E-state index in [-0.39, 0.29) is 6.04 Å². The molecule has 0 aliphatic carbocycles. The number of nitrogens with one attached hydrogen (secondary N) is 1. The van der Waals surface area contributed by atoms with Crippen LogP contribution in [0.15, 0.2) is 18.5 Å². The first-order valence-corrected chi connectivity index (χ1v) is 4.90. The second-order valence-corrected chi connectivity index (χ2v) is 4.54. The van der Waals surface area contributed by atoms with Gasteiger partial charge < -0.3 is 15.0 Å². The van der Waals surface area contributed by atoms with Crippen molar-refractivity contribution >= 4 is 5.97 Å². The molecule has 0 bridgehead atoms. The number of hydrogen-bond acceptors (Lipinski definition) is 2. The van der Waals surface area contributed by atoms with Crippen LogP contribution >= 0.6 is 0 Å². The number of H-pyrrole nitrogens is 1. The monoisotopic (exact) mass is 210 g/mol. The third-order valence-corrected chi connectivity index (χ3v) is 2.69. The van der Waals surface area contributed by atoms with Crippen molar-refractivity contribution < 1.29 is 9.90 Å². The van der Waals surface area contributed by atoms with Gasteiger partial charge in [0, 0.05) is 12.4 Å². The molecule has 1 aromatic heterocycles. The van der Waals surface area contributed by atoms with E-state index in [1.54, 1.807) is 13.8 Å². The molecule has 15 heavy (non-hydrogen) atoms. The Balaban J connectivity index is 3.09. The Morgan fingerprint density at radius 1 is 1.53 bits per heavy atom. The average Bonchev–Trinajstić information content (AvgIpc) is 2.55. The molecule has 0 radical (unpaired) electrons. The SMILES string of the molecule is CN(C)C(c1cc[nH]c1)C(C)(C)C(=O)O. The van der Waals surface area contributed by atoms with Gasteiger partial charge in [-0.3, -0.25) is 4.79 Å². The zero-order valence-electron chi connectivity index (χ0n) is 9.61. The highest BCUT2D eigenvalue weighted by molar-refractivity contribution is 5.75. The van der Waals surface area contributed by atoms with Crippen molar-refractivity contribution in [2.24, 2.45) is 5.41 Å². The van der Waals surface area contributed by atoms with E-state index in [4.69, 9.17) is 0 Å². The summed E-state index contributed by atoms with van der Waals surface area (Å²) in [6.07, 6.45) is 3.65. The molecule has 0 aliphatic heterocycles. The Hall–Kier alpha value is -1.29. The summed E-state index contributed by atoms with van der Waals surface area (Å²) < 4.78 is 0. The summed E-state index contributed by atoms with van der Waals surface area (Å²) in [6, 6.07) is 1.77. The molecule has 0 saturated heterocycles. The number of aliphatic carboxylic acids is 1. The smallest absolute Gasteiger partial charge is 0.311 e. The Morgan fingerprint density at radius 3 is 2.47 bits per heavy atom. The molecule has 0 spiro atoms. The minimum atomic E-state index is -0.814. The van der Waals surface area contributed by atoms with E-state index in [0.717, 1.165) is 5.56 Å². The van der Waals surface area contributed by atoms with Gasteiger partial charge in [-0.1, -0.05) is 0 Å². The van der Waals surface area contributed by atoms with Gasteiger partial charge in [-0.25, -0.2) is 0 Å². The first-order chi connectivity index (χ1) is 6.87. The fourth-order valence-corrected chi connectivity index (χ4v) is 1.98. The number of carbonyl (C=O) groups is 1. The average molecular weight is 210 g/mol. The molecular formula is C11H18N2O2. The van der Waals surface area contributed by atoms with Crippen LogP contribution in [0.4, 0.5) is 0 Å². The van der Waals surface area contributed by atoms with Crippen LogP contribution in [0.2, 0.25) is 0 Å². The summed E-state index contributed by atoms with van der Waals surface area (Å²) in [5, 5.41) is 9.22. The van der Waals surface area contributed by atoms with Gasteiger partial charge in [0.1, 0.15) is 0 Å². The van der Waals surface area contributed by atoms with E-state index in [9.17, 15) is 9.90 Å². The summed E-state index contributed by atoms with van der Waals surface area (Å²) in [6.45, 7) is 3.49. The molecule has 1 atom stereocenters. The first-order valence-electron chi connectivity index (χ1n) is 4.90. The van der Waals surface area contributed by atoms with Crippen LogP contribution < -0.4 is 0 Å². The molecule has 0 fully saturated rings. The van der Waals surface area contributed by atoms with Gasteiger partial charge in [0.2, 0.25) is 0 Å². The largest absolute Gasteiger partial charge is 0.481 e. The van der Waals surface area contributed by atoms with Crippen LogP contribution in [0.5, 0.6) is 0 Å². The van der Waals surface area contributed by atoms with Crippen LogP contribution in [-0.4, -0.2) is 35.1 Å². The van der Waals surface area contributed by atoms with E-state index >= 15 is 0 Å². The molecule has 0 amide bonds. The molecule has 1 rings (SSSR count). The molecule has 4 heteroatoms. The molecule has 1 aromatic rings. The number of carboxylic acids is 1. The van der Waals surface area contributed by atoms with Gasteiger partial charge in [-0.2, -0.15) is 0 Å². The fourth-order valence-electron chi connectivity index (χ4n) is 1.98. The number of carboxylic acid groups (broad SMARTS) is 1. The Labute approximate surface area is 89.9 Å². The molecule has 84 valence electrons. The summed E-state index contributed by atoms with van der Waals surface area (Å²) in [5.74, 6) is -0.789. The van der Waals surface area contributed by atoms with Crippen molar-refractivity contribution in [1.29, 1.82) is 0 Å². The van der Waals surface area contributed by atoms with Crippen molar-refractivity contribution in [3.8, 4) is 0 Å². The van der Waals surface area contributed by atoms with E-state index in [0.29, 0.717) is 0 Å². The van der Waals surface area contributed by atoms with Crippen LogP contribution in [0.3, 0.4) is 0 Å². The Morgan fingerprint density at radius 2 is 2.13 bits per heavy atom. The maximum absolute atomic E-state index is 11.2. The minimum Gasteiger partial charge on any atom is -0.481 e. The summed E-state index contributed by atoms with van der Waals surface area (Å²) >= 11 is 0. The third kappa shape index (κ3) is 2.21. The predicted octanol–water partition coefficient (Wildman–Crippen LogP) is 1.73. The van der Waals surface area contributed by atoms with Gasteiger partial charge in [-0.05, 0) is 39.6 Å². The maximum atomic E-state index is 11.2. The van der Waals surface area contributed by atoms with Gasteiger partial charge in [0.25, 0.3) is 0 Å². The van der Waals surface area contributed by atoms with Gasteiger partial charge in [0.15, 0.2) is 0 Å². The quantitative estimate of drug-likeness (QED) is 0.795.